The van der Waals surface area contributed by atoms with Gasteiger partial charge in [-0.3, -0.25) is 4.98 Å². The summed E-state index contributed by atoms with van der Waals surface area (Å²) in [5.74, 6) is 2.82. The zero-order chi connectivity index (χ0) is 12.8. The van der Waals surface area contributed by atoms with E-state index in [1.165, 1.54) is 12.8 Å². The van der Waals surface area contributed by atoms with Crippen molar-refractivity contribution in [2.75, 3.05) is 6.54 Å². The van der Waals surface area contributed by atoms with Gasteiger partial charge in [0, 0.05) is 30.5 Å². The zero-order valence-electron chi connectivity index (χ0n) is 11.0. The molecule has 2 aliphatic rings. The van der Waals surface area contributed by atoms with E-state index in [0.717, 1.165) is 41.9 Å². The van der Waals surface area contributed by atoms with E-state index in [2.05, 4.69) is 31.1 Å². The van der Waals surface area contributed by atoms with Gasteiger partial charge in [-0.25, -0.2) is 0 Å². The largest absolute Gasteiger partial charge is 0.308 e. The Bertz CT molecular complexity index is 614. The number of aromatic nitrogens is 4. The number of hydrogen-bond donors (Lipinski definition) is 1. The van der Waals surface area contributed by atoms with Crippen molar-refractivity contribution in [3.8, 4) is 11.4 Å². The number of nitrogens with one attached hydrogen (secondary N) is 1. The summed E-state index contributed by atoms with van der Waals surface area (Å²) in [6.45, 7) is 3.96. The van der Waals surface area contributed by atoms with Crippen LogP contribution in [-0.4, -0.2) is 26.3 Å². The highest BCUT2D eigenvalue weighted by Gasteiger charge is 2.37. The summed E-state index contributed by atoms with van der Waals surface area (Å²) in [5, 5.41) is 12.4. The summed E-state index contributed by atoms with van der Waals surface area (Å²) in [6, 6.07) is 4.43. The van der Waals surface area contributed by atoms with E-state index in [1.807, 2.05) is 19.2 Å². The van der Waals surface area contributed by atoms with Crippen LogP contribution in [0, 0.1) is 12.8 Å². The molecular weight excluding hydrogens is 238 g/mol. The van der Waals surface area contributed by atoms with Gasteiger partial charge in [0.25, 0.3) is 0 Å². The molecule has 2 aromatic heterocycles. The van der Waals surface area contributed by atoms with Crippen molar-refractivity contribution in [1.82, 2.24) is 25.1 Å². The van der Waals surface area contributed by atoms with Gasteiger partial charge in [0.15, 0.2) is 11.6 Å². The summed E-state index contributed by atoms with van der Waals surface area (Å²) >= 11 is 0. The SMILES string of the molecule is Cc1ncccc1-c1nnc2n1CCNC2C1CC1. The molecule has 1 N–H and O–H groups in total. The van der Waals surface area contributed by atoms with Crippen LogP contribution in [0.3, 0.4) is 0 Å². The Hall–Kier alpha value is -1.75. The number of rotatable bonds is 2. The normalized spacial score (nSPS) is 22.3. The molecule has 5 heteroatoms. The first-order valence-electron chi connectivity index (χ1n) is 6.93. The molecule has 2 aromatic rings. The Morgan fingerprint density at radius 3 is 3.00 bits per heavy atom. The molecule has 1 unspecified atom stereocenters. The number of fused-ring (bicyclic) bond motifs is 1. The van der Waals surface area contributed by atoms with Gasteiger partial charge in [0.2, 0.25) is 0 Å². The van der Waals surface area contributed by atoms with Crippen molar-refractivity contribution in [3.05, 3.63) is 29.8 Å². The Kier molecular flexibility index (Phi) is 2.41. The van der Waals surface area contributed by atoms with E-state index in [4.69, 9.17) is 0 Å². The maximum absolute atomic E-state index is 4.44. The van der Waals surface area contributed by atoms with Crippen LogP contribution in [0.5, 0.6) is 0 Å². The van der Waals surface area contributed by atoms with Crippen molar-refractivity contribution in [2.24, 2.45) is 5.92 Å². The summed E-state index contributed by atoms with van der Waals surface area (Å²) in [5.41, 5.74) is 2.11. The van der Waals surface area contributed by atoms with Crippen LogP contribution in [0.1, 0.15) is 30.4 Å². The minimum atomic E-state index is 0.395. The standard InChI is InChI=1S/C14H17N5/c1-9-11(3-2-6-15-9)13-17-18-14-12(10-4-5-10)16-7-8-19(13)14/h2-3,6,10,12,16H,4-5,7-8H2,1H3. The highest BCUT2D eigenvalue weighted by Crippen LogP contribution is 2.42. The molecule has 1 aliphatic heterocycles. The third-order valence-electron chi connectivity index (χ3n) is 4.10. The molecule has 5 nitrogen and oxygen atoms in total. The van der Waals surface area contributed by atoms with Gasteiger partial charge in [-0.2, -0.15) is 0 Å². The van der Waals surface area contributed by atoms with Crippen molar-refractivity contribution < 1.29 is 0 Å². The fourth-order valence-electron chi connectivity index (χ4n) is 2.92. The van der Waals surface area contributed by atoms with Crippen LogP contribution in [0.25, 0.3) is 11.4 Å². The average Bonchev–Trinajstić information content (AvgIpc) is 3.19. The van der Waals surface area contributed by atoms with E-state index >= 15 is 0 Å². The quantitative estimate of drug-likeness (QED) is 0.887. The Morgan fingerprint density at radius 1 is 1.32 bits per heavy atom. The van der Waals surface area contributed by atoms with Crippen LogP contribution >= 0.6 is 0 Å². The van der Waals surface area contributed by atoms with Crippen LogP contribution in [0.2, 0.25) is 0 Å². The summed E-state index contributed by atoms with van der Waals surface area (Å²) in [7, 11) is 0. The maximum Gasteiger partial charge on any atom is 0.165 e. The molecule has 1 fully saturated rings. The highest BCUT2D eigenvalue weighted by molar-refractivity contribution is 5.58. The summed E-state index contributed by atoms with van der Waals surface area (Å²) in [6.07, 6.45) is 4.44. The summed E-state index contributed by atoms with van der Waals surface area (Å²) in [4.78, 5) is 4.35. The average molecular weight is 255 g/mol. The van der Waals surface area contributed by atoms with Gasteiger partial charge in [-0.15, -0.1) is 10.2 Å². The third-order valence-corrected chi connectivity index (χ3v) is 4.10. The van der Waals surface area contributed by atoms with E-state index in [1.54, 1.807) is 0 Å². The molecule has 0 radical (unpaired) electrons. The number of aryl methyl sites for hydroxylation is 1. The molecular formula is C14H17N5. The highest BCUT2D eigenvalue weighted by atomic mass is 15.3. The predicted molar refractivity (Wildman–Crippen MR) is 71.5 cm³/mol. The molecule has 0 saturated heterocycles. The lowest BCUT2D eigenvalue weighted by atomic mass is 10.1. The number of nitrogens with zero attached hydrogens (tertiary/aromatic N) is 4. The van der Waals surface area contributed by atoms with Crippen LogP contribution in [0.15, 0.2) is 18.3 Å². The summed E-state index contributed by atoms with van der Waals surface area (Å²) < 4.78 is 2.27. The molecule has 0 amide bonds. The van der Waals surface area contributed by atoms with Crippen molar-refractivity contribution in [1.29, 1.82) is 0 Å². The van der Waals surface area contributed by atoms with Crippen LogP contribution < -0.4 is 5.32 Å². The second kappa shape index (κ2) is 4.13. The van der Waals surface area contributed by atoms with Gasteiger partial charge < -0.3 is 9.88 Å². The van der Waals surface area contributed by atoms with Crippen LogP contribution in [0.4, 0.5) is 0 Å². The molecule has 0 bridgehead atoms. The first-order chi connectivity index (χ1) is 9.34. The second-order valence-corrected chi connectivity index (χ2v) is 5.44. The third kappa shape index (κ3) is 1.76. The fourth-order valence-corrected chi connectivity index (χ4v) is 2.92. The topological polar surface area (TPSA) is 55.6 Å². The first-order valence-corrected chi connectivity index (χ1v) is 6.93. The molecule has 19 heavy (non-hydrogen) atoms. The lowest BCUT2D eigenvalue weighted by molar-refractivity contribution is 0.383. The number of pyridine rings is 1. The van der Waals surface area contributed by atoms with Gasteiger partial charge in [0.1, 0.15) is 0 Å². The van der Waals surface area contributed by atoms with Crippen molar-refractivity contribution >= 4 is 0 Å². The smallest absolute Gasteiger partial charge is 0.165 e. The molecule has 1 saturated carbocycles. The van der Waals surface area contributed by atoms with Gasteiger partial charge >= 0.3 is 0 Å². The maximum atomic E-state index is 4.44. The molecule has 4 rings (SSSR count). The van der Waals surface area contributed by atoms with Gasteiger partial charge in [-0.1, -0.05) is 0 Å². The van der Waals surface area contributed by atoms with Gasteiger partial charge in [0.05, 0.1) is 6.04 Å². The monoisotopic (exact) mass is 255 g/mol. The fraction of sp³-hybridized carbons (Fsp3) is 0.500. The molecule has 1 aliphatic carbocycles. The molecule has 0 aromatic carbocycles. The van der Waals surface area contributed by atoms with E-state index in [9.17, 15) is 0 Å². The zero-order valence-corrected chi connectivity index (χ0v) is 11.0. The van der Waals surface area contributed by atoms with E-state index in [0.29, 0.717) is 6.04 Å². The molecule has 98 valence electrons. The minimum absolute atomic E-state index is 0.395. The predicted octanol–water partition coefficient (Wildman–Crippen LogP) is 1.70. The Morgan fingerprint density at radius 2 is 2.21 bits per heavy atom. The van der Waals surface area contributed by atoms with Gasteiger partial charge in [-0.05, 0) is 37.8 Å². The minimum Gasteiger partial charge on any atom is -0.308 e. The first kappa shape index (κ1) is 11.1. The van der Waals surface area contributed by atoms with E-state index < -0.39 is 0 Å². The molecule has 1 atom stereocenters. The van der Waals surface area contributed by atoms with E-state index in [-0.39, 0.29) is 0 Å². The Balaban J connectivity index is 1.81. The second-order valence-electron chi connectivity index (χ2n) is 5.44. The molecule has 3 heterocycles. The lowest BCUT2D eigenvalue weighted by Crippen LogP contribution is -2.35. The lowest BCUT2D eigenvalue weighted by Gasteiger charge is -2.25. The van der Waals surface area contributed by atoms with Crippen molar-refractivity contribution in [2.45, 2.75) is 32.4 Å². The molecule has 0 spiro atoms. The van der Waals surface area contributed by atoms with Crippen LogP contribution in [-0.2, 0) is 6.54 Å². The van der Waals surface area contributed by atoms with Crippen molar-refractivity contribution in [3.63, 3.8) is 0 Å². The Labute approximate surface area is 112 Å². The number of hydrogen-bond acceptors (Lipinski definition) is 4.